The fourth-order valence-corrected chi connectivity index (χ4v) is 1.45. The molecule has 1 atom stereocenters. The monoisotopic (exact) mass is 268 g/mol. The summed E-state index contributed by atoms with van der Waals surface area (Å²) in [6, 6.07) is 3.70. The summed E-state index contributed by atoms with van der Waals surface area (Å²) in [5.74, 6) is -0.547. The number of carbonyl (C=O) groups is 1. The molecule has 0 aliphatic rings. The van der Waals surface area contributed by atoms with Gasteiger partial charge in [-0.2, -0.15) is 0 Å². The number of hydrogen-bond acceptors (Lipinski definition) is 6. The lowest BCUT2D eigenvalue weighted by Gasteiger charge is -2.11. The number of esters is 1. The minimum atomic E-state index is -0.976. The number of benzene rings is 1. The molecule has 7 nitrogen and oxygen atoms in total. The van der Waals surface area contributed by atoms with Crippen molar-refractivity contribution in [2.45, 2.75) is 19.4 Å². The van der Waals surface area contributed by atoms with Crippen LogP contribution in [0.2, 0.25) is 0 Å². The SMILES string of the molecule is CCc1ccc(OCC(N)C(=O)OC)c([N+](=O)[O-])c1. The predicted molar refractivity (Wildman–Crippen MR) is 68.0 cm³/mol. The van der Waals surface area contributed by atoms with E-state index in [1.807, 2.05) is 6.92 Å². The molecule has 0 amide bonds. The molecule has 1 aromatic carbocycles. The average Bonchev–Trinajstić information content (AvgIpc) is 2.43. The molecule has 1 rings (SSSR count). The molecule has 1 unspecified atom stereocenters. The first-order chi connectivity index (χ1) is 8.99. The van der Waals surface area contributed by atoms with Gasteiger partial charge in [-0.1, -0.05) is 13.0 Å². The number of nitrogens with two attached hydrogens (primary N) is 1. The lowest BCUT2D eigenvalue weighted by Crippen LogP contribution is -2.37. The van der Waals surface area contributed by atoms with E-state index < -0.39 is 16.9 Å². The van der Waals surface area contributed by atoms with Gasteiger partial charge in [0.05, 0.1) is 12.0 Å². The molecule has 7 heteroatoms. The van der Waals surface area contributed by atoms with Gasteiger partial charge in [0.15, 0.2) is 5.75 Å². The van der Waals surface area contributed by atoms with Crippen molar-refractivity contribution in [3.8, 4) is 5.75 Å². The second-order valence-electron chi connectivity index (χ2n) is 3.85. The van der Waals surface area contributed by atoms with E-state index in [9.17, 15) is 14.9 Å². The lowest BCUT2D eigenvalue weighted by molar-refractivity contribution is -0.385. The van der Waals surface area contributed by atoms with Crippen molar-refractivity contribution in [3.63, 3.8) is 0 Å². The van der Waals surface area contributed by atoms with Gasteiger partial charge >= 0.3 is 11.7 Å². The number of nitro benzene ring substituents is 1. The number of methoxy groups -OCH3 is 1. The molecule has 104 valence electrons. The van der Waals surface area contributed by atoms with Gasteiger partial charge in [0.2, 0.25) is 0 Å². The summed E-state index contributed by atoms with van der Waals surface area (Å²) in [7, 11) is 1.21. The highest BCUT2D eigenvalue weighted by molar-refractivity contribution is 5.75. The highest BCUT2D eigenvalue weighted by atomic mass is 16.6. The van der Waals surface area contributed by atoms with Crippen LogP contribution in [0.1, 0.15) is 12.5 Å². The zero-order valence-corrected chi connectivity index (χ0v) is 10.8. The molecule has 0 aromatic heterocycles. The molecule has 2 N–H and O–H groups in total. The molecule has 1 aromatic rings. The van der Waals surface area contributed by atoms with Gasteiger partial charge in [-0.25, -0.2) is 0 Å². The van der Waals surface area contributed by atoms with E-state index in [1.54, 1.807) is 6.07 Å². The first-order valence-corrected chi connectivity index (χ1v) is 5.73. The maximum absolute atomic E-state index is 11.1. The van der Waals surface area contributed by atoms with Gasteiger partial charge in [0.25, 0.3) is 0 Å². The van der Waals surface area contributed by atoms with Crippen LogP contribution in [0, 0.1) is 10.1 Å². The highest BCUT2D eigenvalue weighted by Gasteiger charge is 2.19. The Morgan fingerprint density at radius 3 is 2.74 bits per heavy atom. The Labute approximate surface area is 110 Å². The van der Waals surface area contributed by atoms with E-state index in [1.165, 1.54) is 19.2 Å². The summed E-state index contributed by atoms with van der Waals surface area (Å²) in [4.78, 5) is 21.5. The van der Waals surface area contributed by atoms with Crippen molar-refractivity contribution in [1.82, 2.24) is 0 Å². The Kier molecular flexibility index (Phi) is 5.25. The summed E-state index contributed by atoms with van der Waals surface area (Å²) >= 11 is 0. The number of nitrogens with zero attached hydrogens (tertiary/aromatic N) is 1. The smallest absolute Gasteiger partial charge is 0.326 e. The van der Waals surface area contributed by atoms with Crippen LogP contribution in [0.25, 0.3) is 0 Å². The summed E-state index contributed by atoms with van der Waals surface area (Å²) in [5.41, 5.74) is 6.18. The Balaban J connectivity index is 2.83. The Morgan fingerprint density at radius 1 is 1.53 bits per heavy atom. The van der Waals surface area contributed by atoms with Crippen LogP contribution in [0.5, 0.6) is 5.75 Å². The molecule has 0 radical (unpaired) electrons. The Hall–Kier alpha value is -2.15. The summed E-state index contributed by atoms with van der Waals surface area (Å²) in [6.07, 6.45) is 0.683. The predicted octanol–water partition coefficient (Wildman–Crippen LogP) is 1.04. The maximum atomic E-state index is 11.1. The van der Waals surface area contributed by atoms with E-state index >= 15 is 0 Å². The molecule has 0 saturated carbocycles. The third-order valence-electron chi connectivity index (χ3n) is 2.55. The van der Waals surface area contributed by atoms with Crippen molar-refractivity contribution < 1.29 is 19.2 Å². The zero-order valence-electron chi connectivity index (χ0n) is 10.8. The summed E-state index contributed by atoms with van der Waals surface area (Å²) in [5, 5.41) is 10.9. The lowest BCUT2D eigenvalue weighted by atomic mass is 10.1. The fraction of sp³-hybridized carbons (Fsp3) is 0.417. The topological polar surface area (TPSA) is 105 Å². The highest BCUT2D eigenvalue weighted by Crippen LogP contribution is 2.28. The third kappa shape index (κ3) is 3.92. The van der Waals surface area contributed by atoms with E-state index in [0.717, 1.165) is 5.56 Å². The quantitative estimate of drug-likeness (QED) is 0.469. The van der Waals surface area contributed by atoms with Crippen molar-refractivity contribution in [2.75, 3.05) is 13.7 Å². The molecular weight excluding hydrogens is 252 g/mol. The van der Waals surface area contributed by atoms with Crippen molar-refractivity contribution in [1.29, 1.82) is 0 Å². The molecule has 0 fully saturated rings. The van der Waals surface area contributed by atoms with Crippen molar-refractivity contribution in [3.05, 3.63) is 33.9 Å². The van der Waals surface area contributed by atoms with Gasteiger partial charge < -0.3 is 15.2 Å². The van der Waals surface area contributed by atoms with Crippen LogP contribution < -0.4 is 10.5 Å². The van der Waals surface area contributed by atoms with Crippen LogP contribution in [0.4, 0.5) is 5.69 Å². The van der Waals surface area contributed by atoms with Crippen molar-refractivity contribution >= 4 is 11.7 Å². The minimum Gasteiger partial charge on any atom is -0.485 e. The maximum Gasteiger partial charge on any atom is 0.326 e. The third-order valence-corrected chi connectivity index (χ3v) is 2.55. The summed E-state index contributed by atoms with van der Waals surface area (Å²) in [6.45, 7) is 1.71. The number of hydrogen-bond donors (Lipinski definition) is 1. The second kappa shape index (κ2) is 6.69. The van der Waals surface area contributed by atoms with E-state index in [-0.39, 0.29) is 18.0 Å². The normalized spacial score (nSPS) is 11.7. The van der Waals surface area contributed by atoms with Crippen LogP contribution in [0.3, 0.4) is 0 Å². The first-order valence-electron chi connectivity index (χ1n) is 5.73. The number of ether oxygens (including phenoxy) is 2. The zero-order chi connectivity index (χ0) is 14.4. The van der Waals surface area contributed by atoms with Crippen LogP contribution in [-0.2, 0) is 16.0 Å². The van der Waals surface area contributed by atoms with Crippen LogP contribution >= 0.6 is 0 Å². The largest absolute Gasteiger partial charge is 0.485 e. The number of aryl methyl sites for hydroxylation is 1. The molecule has 0 bridgehead atoms. The molecule has 0 spiro atoms. The van der Waals surface area contributed by atoms with E-state index in [4.69, 9.17) is 10.5 Å². The second-order valence-corrected chi connectivity index (χ2v) is 3.85. The summed E-state index contributed by atoms with van der Waals surface area (Å²) < 4.78 is 9.65. The number of rotatable bonds is 6. The standard InChI is InChI=1S/C12H16N2O5/c1-3-8-4-5-11(10(6-8)14(16)17)19-7-9(13)12(15)18-2/h4-6,9H,3,7,13H2,1-2H3. The van der Waals surface area contributed by atoms with Gasteiger partial charge in [0.1, 0.15) is 12.6 Å². The molecule has 0 saturated heterocycles. The molecular formula is C12H16N2O5. The van der Waals surface area contributed by atoms with E-state index in [0.29, 0.717) is 6.42 Å². The Bertz CT molecular complexity index is 475. The van der Waals surface area contributed by atoms with Crippen LogP contribution in [0.15, 0.2) is 18.2 Å². The molecule has 0 aliphatic heterocycles. The number of carbonyl (C=O) groups excluding carboxylic acids is 1. The molecule has 0 aliphatic carbocycles. The van der Waals surface area contributed by atoms with Gasteiger partial charge in [-0.3, -0.25) is 14.9 Å². The van der Waals surface area contributed by atoms with Gasteiger partial charge in [-0.05, 0) is 18.1 Å². The number of nitro groups is 1. The van der Waals surface area contributed by atoms with E-state index in [2.05, 4.69) is 4.74 Å². The fourth-order valence-electron chi connectivity index (χ4n) is 1.45. The first kappa shape index (κ1) is 14.9. The minimum absolute atomic E-state index is 0.0848. The average molecular weight is 268 g/mol. The molecule has 19 heavy (non-hydrogen) atoms. The van der Waals surface area contributed by atoms with Gasteiger partial charge in [-0.15, -0.1) is 0 Å². The van der Waals surface area contributed by atoms with Crippen LogP contribution in [-0.4, -0.2) is 30.7 Å². The van der Waals surface area contributed by atoms with Gasteiger partial charge in [0, 0.05) is 6.07 Å². The van der Waals surface area contributed by atoms with Crippen molar-refractivity contribution in [2.24, 2.45) is 5.73 Å². The Morgan fingerprint density at radius 2 is 2.21 bits per heavy atom. The molecule has 0 heterocycles.